The summed E-state index contributed by atoms with van der Waals surface area (Å²) in [6.45, 7) is 4.19. The SMILES string of the molecule is CC(CO)CCCNCc1cncc2ccccc12. The molecular formula is C16H22N2O. The maximum atomic E-state index is 8.96. The minimum absolute atomic E-state index is 0.285. The van der Waals surface area contributed by atoms with Gasteiger partial charge in [-0.2, -0.15) is 0 Å². The monoisotopic (exact) mass is 258 g/mol. The molecule has 0 fully saturated rings. The average molecular weight is 258 g/mol. The Bertz CT molecular complexity index is 508. The van der Waals surface area contributed by atoms with E-state index in [1.54, 1.807) is 0 Å². The fraction of sp³-hybridized carbons (Fsp3) is 0.438. The van der Waals surface area contributed by atoms with Crippen LogP contribution in [0.1, 0.15) is 25.3 Å². The molecule has 0 bridgehead atoms. The lowest BCUT2D eigenvalue weighted by Gasteiger charge is -2.09. The first-order chi connectivity index (χ1) is 9.31. The second-order valence-corrected chi connectivity index (χ2v) is 5.13. The molecule has 0 aliphatic carbocycles. The van der Waals surface area contributed by atoms with E-state index in [0.717, 1.165) is 25.9 Å². The molecule has 0 aliphatic heterocycles. The van der Waals surface area contributed by atoms with E-state index in [0.29, 0.717) is 5.92 Å². The number of fused-ring (bicyclic) bond motifs is 1. The summed E-state index contributed by atoms with van der Waals surface area (Å²) in [7, 11) is 0. The summed E-state index contributed by atoms with van der Waals surface area (Å²) < 4.78 is 0. The molecule has 1 heterocycles. The molecule has 0 radical (unpaired) electrons. The van der Waals surface area contributed by atoms with Crippen molar-refractivity contribution in [2.75, 3.05) is 13.2 Å². The number of rotatable bonds is 7. The third-order valence-electron chi connectivity index (χ3n) is 3.43. The summed E-state index contributed by atoms with van der Waals surface area (Å²) in [6, 6.07) is 8.34. The first-order valence-electron chi connectivity index (χ1n) is 6.94. The predicted molar refractivity (Wildman–Crippen MR) is 78.9 cm³/mol. The molecule has 1 atom stereocenters. The van der Waals surface area contributed by atoms with Crippen molar-refractivity contribution in [3.8, 4) is 0 Å². The van der Waals surface area contributed by atoms with E-state index in [4.69, 9.17) is 5.11 Å². The number of aliphatic hydroxyl groups is 1. The van der Waals surface area contributed by atoms with Gasteiger partial charge in [0, 0.05) is 30.9 Å². The van der Waals surface area contributed by atoms with Crippen molar-refractivity contribution < 1.29 is 5.11 Å². The lowest BCUT2D eigenvalue weighted by atomic mass is 10.1. The number of aromatic nitrogens is 1. The summed E-state index contributed by atoms with van der Waals surface area (Å²) in [6.07, 6.45) is 6.00. The molecule has 0 saturated carbocycles. The highest BCUT2D eigenvalue weighted by Gasteiger charge is 2.01. The number of nitrogens with one attached hydrogen (secondary N) is 1. The molecule has 3 nitrogen and oxygen atoms in total. The van der Waals surface area contributed by atoms with Gasteiger partial charge in [0.15, 0.2) is 0 Å². The quantitative estimate of drug-likeness (QED) is 0.751. The molecular weight excluding hydrogens is 236 g/mol. The smallest absolute Gasteiger partial charge is 0.0456 e. The van der Waals surface area contributed by atoms with Crippen LogP contribution in [-0.4, -0.2) is 23.2 Å². The number of aliphatic hydroxyl groups excluding tert-OH is 1. The van der Waals surface area contributed by atoms with Crippen molar-refractivity contribution in [2.24, 2.45) is 5.92 Å². The molecule has 3 heteroatoms. The van der Waals surface area contributed by atoms with Gasteiger partial charge in [-0.25, -0.2) is 0 Å². The van der Waals surface area contributed by atoms with Crippen LogP contribution in [-0.2, 0) is 6.54 Å². The van der Waals surface area contributed by atoms with Gasteiger partial charge in [-0.1, -0.05) is 31.2 Å². The first kappa shape index (κ1) is 14.0. The standard InChI is InChI=1S/C16H22N2O/c1-13(12-19)5-4-8-17-10-15-11-18-9-14-6-2-3-7-16(14)15/h2-3,6-7,9,11,13,17,19H,4-5,8,10,12H2,1H3. The van der Waals surface area contributed by atoms with Gasteiger partial charge >= 0.3 is 0 Å². The van der Waals surface area contributed by atoms with Gasteiger partial charge in [0.2, 0.25) is 0 Å². The second-order valence-electron chi connectivity index (χ2n) is 5.13. The Kier molecular flexibility index (Phi) is 5.31. The maximum absolute atomic E-state index is 8.96. The number of hydrogen-bond donors (Lipinski definition) is 2. The van der Waals surface area contributed by atoms with Crippen molar-refractivity contribution in [2.45, 2.75) is 26.3 Å². The zero-order valence-corrected chi connectivity index (χ0v) is 11.5. The molecule has 1 unspecified atom stereocenters. The van der Waals surface area contributed by atoms with Crippen LogP contribution < -0.4 is 5.32 Å². The first-order valence-corrected chi connectivity index (χ1v) is 6.94. The highest BCUT2D eigenvalue weighted by molar-refractivity contribution is 5.84. The zero-order valence-electron chi connectivity index (χ0n) is 11.5. The van der Waals surface area contributed by atoms with Gasteiger partial charge in [0.1, 0.15) is 0 Å². The average Bonchev–Trinajstić information content (AvgIpc) is 2.46. The van der Waals surface area contributed by atoms with Crippen molar-refractivity contribution in [1.29, 1.82) is 0 Å². The Hall–Kier alpha value is -1.45. The van der Waals surface area contributed by atoms with E-state index >= 15 is 0 Å². The van der Waals surface area contributed by atoms with Crippen LogP contribution in [0.4, 0.5) is 0 Å². The van der Waals surface area contributed by atoms with E-state index in [9.17, 15) is 0 Å². The van der Waals surface area contributed by atoms with Crippen LogP contribution in [0.15, 0.2) is 36.7 Å². The molecule has 0 spiro atoms. The van der Waals surface area contributed by atoms with E-state index < -0.39 is 0 Å². The number of benzene rings is 1. The maximum Gasteiger partial charge on any atom is 0.0456 e. The topological polar surface area (TPSA) is 45.1 Å². The van der Waals surface area contributed by atoms with Gasteiger partial charge in [-0.3, -0.25) is 4.98 Å². The van der Waals surface area contributed by atoms with Crippen LogP contribution in [0.3, 0.4) is 0 Å². The van der Waals surface area contributed by atoms with Gasteiger partial charge < -0.3 is 10.4 Å². The summed E-state index contributed by atoms with van der Waals surface area (Å²) in [5, 5.41) is 14.9. The summed E-state index contributed by atoms with van der Waals surface area (Å²) in [5.74, 6) is 0.404. The fourth-order valence-electron chi connectivity index (χ4n) is 2.21. The number of hydrogen-bond acceptors (Lipinski definition) is 3. The van der Waals surface area contributed by atoms with E-state index in [-0.39, 0.29) is 6.61 Å². The summed E-state index contributed by atoms with van der Waals surface area (Å²) in [5.41, 5.74) is 1.24. The Balaban J connectivity index is 1.85. The van der Waals surface area contributed by atoms with Gasteiger partial charge in [0.25, 0.3) is 0 Å². The lowest BCUT2D eigenvalue weighted by molar-refractivity contribution is 0.228. The molecule has 2 rings (SSSR count). The predicted octanol–water partition coefficient (Wildman–Crippen LogP) is 2.73. The molecule has 19 heavy (non-hydrogen) atoms. The lowest BCUT2D eigenvalue weighted by Crippen LogP contribution is -2.16. The van der Waals surface area contributed by atoms with Crippen LogP contribution >= 0.6 is 0 Å². The molecule has 2 aromatic rings. The van der Waals surface area contributed by atoms with E-state index in [2.05, 4.69) is 35.4 Å². The molecule has 1 aromatic carbocycles. The highest BCUT2D eigenvalue weighted by Crippen LogP contribution is 2.16. The summed E-state index contributed by atoms with van der Waals surface area (Å²) >= 11 is 0. The highest BCUT2D eigenvalue weighted by atomic mass is 16.3. The Morgan fingerprint density at radius 3 is 2.95 bits per heavy atom. The van der Waals surface area contributed by atoms with Gasteiger partial charge in [-0.05, 0) is 36.3 Å². The molecule has 1 aromatic heterocycles. The largest absolute Gasteiger partial charge is 0.396 e. The van der Waals surface area contributed by atoms with E-state index in [1.165, 1.54) is 16.3 Å². The zero-order chi connectivity index (χ0) is 13.5. The number of nitrogens with zero attached hydrogens (tertiary/aromatic N) is 1. The van der Waals surface area contributed by atoms with Crippen molar-refractivity contribution in [1.82, 2.24) is 10.3 Å². The molecule has 102 valence electrons. The van der Waals surface area contributed by atoms with Crippen LogP contribution in [0.5, 0.6) is 0 Å². The minimum atomic E-state index is 0.285. The van der Waals surface area contributed by atoms with Gasteiger partial charge in [-0.15, -0.1) is 0 Å². The van der Waals surface area contributed by atoms with Gasteiger partial charge in [0.05, 0.1) is 0 Å². The third kappa shape index (κ3) is 4.01. The Labute approximate surface area is 114 Å². The van der Waals surface area contributed by atoms with Crippen molar-refractivity contribution in [3.05, 3.63) is 42.2 Å². The molecule has 0 amide bonds. The van der Waals surface area contributed by atoms with Crippen LogP contribution in [0, 0.1) is 5.92 Å². The van der Waals surface area contributed by atoms with Crippen LogP contribution in [0.25, 0.3) is 10.8 Å². The minimum Gasteiger partial charge on any atom is -0.396 e. The second kappa shape index (κ2) is 7.22. The Morgan fingerprint density at radius 1 is 1.26 bits per heavy atom. The van der Waals surface area contributed by atoms with E-state index in [1.807, 2.05) is 18.5 Å². The third-order valence-corrected chi connectivity index (χ3v) is 3.43. The summed E-state index contributed by atoms with van der Waals surface area (Å²) in [4.78, 5) is 4.28. The fourth-order valence-corrected chi connectivity index (χ4v) is 2.21. The molecule has 0 aliphatic rings. The Morgan fingerprint density at radius 2 is 2.11 bits per heavy atom. The normalized spacial score (nSPS) is 12.7. The molecule has 0 saturated heterocycles. The van der Waals surface area contributed by atoms with Crippen LogP contribution in [0.2, 0.25) is 0 Å². The van der Waals surface area contributed by atoms with Crippen molar-refractivity contribution >= 4 is 10.8 Å². The number of pyridine rings is 1. The molecule has 2 N–H and O–H groups in total. The van der Waals surface area contributed by atoms with Crippen molar-refractivity contribution in [3.63, 3.8) is 0 Å².